The van der Waals surface area contributed by atoms with Gasteiger partial charge in [-0.05, 0) is 47.5 Å². The van der Waals surface area contributed by atoms with Crippen LogP contribution in [0, 0.1) is 22.9 Å². The summed E-state index contributed by atoms with van der Waals surface area (Å²) in [7, 11) is 0. The van der Waals surface area contributed by atoms with Crippen molar-refractivity contribution in [3.63, 3.8) is 0 Å². The van der Waals surface area contributed by atoms with Crippen LogP contribution in [0.1, 0.15) is 24.2 Å². The maximum Gasteiger partial charge on any atom is 0.333 e. The van der Waals surface area contributed by atoms with Crippen LogP contribution in [-0.4, -0.2) is 14.7 Å². The first-order valence-electron chi connectivity index (χ1n) is 5.76. The fourth-order valence-corrected chi connectivity index (χ4v) is 2.39. The summed E-state index contributed by atoms with van der Waals surface area (Å²) in [5, 5.41) is 15.0. The van der Waals surface area contributed by atoms with Crippen LogP contribution in [0.4, 0.5) is 15.9 Å². The Bertz CT molecular complexity index is 686. The highest BCUT2D eigenvalue weighted by atomic mass is 79.9. The van der Waals surface area contributed by atoms with Gasteiger partial charge in [-0.15, -0.1) is 0 Å². The van der Waals surface area contributed by atoms with Gasteiger partial charge >= 0.3 is 5.69 Å². The van der Waals surface area contributed by atoms with Gasteiger partial charge in [-0.3, -0.25) is 10.1 Å². The molecule has 0 radical (unpaired) electrons. The fourth-order valence-electron chi connectivity index (χ4n) is 1.99. The number of nitrogens with zero attached hydrogens (tertiary/aromatic N) is 3. The average Bonchev–Trinajstić information content (AvgIpc) is 2.67. The van der Waals surface area contributed by atoms with E-state index < -0.39 is 4.92 Å². The van der Waals surface area contributed by atoms with E-state index in [1.54, 1.807) is 19.1 Å². The molecule has 6 nitrogen and oxygen atoms in total. The van der Waals surface area contributed by atoms with Crippen LogP contribution < -0.4 is 5.73 Å². The Hall–Kier alpha value is -1.96. The second kappa shape index (κ2) is 5.20. The standard InChI is InChI=1S/C12H12BrFN4O2/c1-6-11(18(19)20)12(15)17(16-6)7(2)8-3-4-10(14)9(13)5-8/h3-5,7H,15H2,1-2H3. The second-order valence-electron chi connectivity index (χ2n) is 4.37. The van der Waals surface area contributed by atoms with Crippen LogP contribution in [0.25, 0.3) is 0 Å². The summed E-state index contributed by atoms with van der Waals surface area (Å²) in [6, 6.07) is 4.16. The van der Waals surface area contributed by atoms with Crippen molar-refractivity contribution in [2.24, 2.45) is 0 Å². The maximum absolute atomic E-state index is 13.2. The van der Waals surface area contributed by atoms with E-state index >= 15 is 0 Å². The van der Waals surface area contributed by atoms with Gasteiger partial charge in [-0.2, -0.15) is 5.10 Å². The number of nitrogen functional groups attached to an aromatic ring is 1. The van der Waals surface area contributed by atoms with Crippen LogP contribution >= 0.6 is 15.9 Å². The molecule has 1 unspecified atom stereocenters. The Labute approximate surface area is 122 Å². The number of nitro groups is 1. The van der Waals surface area contributed by atoms with Gasteiger partial charge in [0.15, 0.2) is 0 Å². The highest BCUT2D eigenvalue weighted by molar-refractivity contribution is 9.10. The number of aryl methyl sites for hydroxylation is 1. The minimum atomic E-state index is -0.554. The van der Waals surface area contributed by atoms with E-state index in [1.807, 2.05) is 0 Å². The summed E-state index contributed by atoms with van der Waals surface area (Å²) in [4.78, 5) is 10.4. The molecule has 0 bridgehead atoms. The van der Waals surface area contributed by atoms with Crippen molar-refractivity contribution in [3.05, 3.63) is 49.9 Å². The minimum Gasteiger partial charge on any atom is -0.378 e. The van der Waals surface area contributed by atoms with Crippen molar-refractivity contribution >= 4 is 27.4 Å². The van der Waals surface area contributed by atoms with Crippen molar-refractivity contribution in [1.82, 2.24) is 9.78 Å². The molecule has 1 aromatic carbocycles. The molecule has 2 N–H and O–H groups in total. The molecule has 1 aromatic heterocycles. The van der Waals surface area contributed by atoms with Crippen molar-refractivity contribution in [2.75, 3.05) is 5.73 Å². The summed E-state index contributed by atoms with van der Waals surface area (Å²) in [5.74, 6) is -0.392. The monoisotopic (exact) mass is 342 g/mol. The van der Waals surface area contributed by atoms with E-state index in [9.17, 15) is 14.5 Å². The zero-order chi connectivity index (χ0) is 15.0. The fraction of sp³-hybridized carbons (Fsp3) is 0.250. The second-order valence-corrected chi connectivity index (χ2v) is 5.22. The molecule has 0 aliphatic rings. The quantitative estimate of drug-likeness (QED) is 0.685. The number of hydrogen-bond acceptors (Lipinski definition) is 4. The molecule has 8 heteroatoms. The molecule has 0 aliphatic heterocycles. The number of halogens is 2. The Balaban J connectivity index is 2.48. The normalized spacial score (nSPS) is 12.4. The molecule has 0 amide bonds. The van der Waals surface area contributed by atoms with Gasteiger partial charge in [0.05, 0.1) is 15.4 Å². The van der Waals surface area contributed by atoms with Crippen LogP contribution in [0.3, 0.4) is 0 Å². The Kier molecular flexibility index (Phi) is 3.76. The number of hydrogen-bond donors (Lipinski definition) is 1. The topological polar surface area (TPSA) is 87.0 Å². The molecule has 0 spiro atoms. The third-order valence-electron chi connectivity index (χ3n) is 3.07. The molecule has 20 heavy (non-hydrogen) atoms. The summed E-state index contributed by atoms with van der Waals surface area (Å²) in [6.07, 6.45) is 0. The third kappa shape index (κ3) is 2.38. The first-order valence-corrected chi connectivity index (χ1v) is 6.56. The van der Waals surface area contributed by atoms with Gasteiger partial charge in [-0.1, -0.05) is 6.07 Å². The predicted molar refractivity (Wildman–Crippen MR) is 75.9 cm³/mol. The van der Waals surface area contributed by atoms with Gasteiger partial charge in [0.1, 0.15) is 11.5 Å². The Morgan fingerprint density at radius 2 is 2.20 bits per heavy atom. The van der Waals surface area contributed by atoms with Gasteiger partial charge in [0.2, 0.25) is 5.82 Å². The number of benzene rings is 1. The van der Waals surface area contributed by atoms with Crippen molar-refractivity contribution in [2.45, 2.75) is 19.9 Å². The third-order valence-corrected chi connectivity index (χ3v) is 3.67. The van der Waals surface area contributed by atoms with E-state index in [2.05, 4.69) is 21.0 Å². The molecule has 0 saturated heterocycles. The molecular formula is C12H12BrFN4O2. The zero-order valence-corrected chi connectivity index (χ0v) is 12.4. The van der Waals surface area contributed by atoms with Gasteiger partial charge < -0.3 is 5.73 Å². The van der Waals surface area contributed by atoms with E-state index in [-0.39, 0.29) is 29.1 Å². The first kappa shape index (κ1) is 14.4. The maximum atomic E-state index is 13.2. The van der Waals surface area contributed by atoms with Crippen molar-refractivity contribution in [3.8, 4) is 0 Å². The highest BCUT2D eigenvalue weighted by Gasteiger charge is 2.25. The van der Waals surface area contributed by atoms with Crippen LogP contribution in [0.5, 0.6) is 0 Å². The lowest BCUT2D eigenvalue weighted by atomic mass is 10.1. The van der Waals surface area contributed by atoms with Gasteiger partial charge in [0.25, 0.3) is 0 Å². The SMILES string of the molecule is Cc1nn(C(C)c2ccc(F)c(Br)c2)c(N)c1[N+](=O)[O-]. The lowest BCUT2D eigenvalue weighted by Gasteiger charge is -2.14. The lowest BCUT2D eigenvalue weighted by Crippen LogP contribution is -2.12. The molecule has 0 saturated carbocycles. The molecule has 1 heterocycles. The van der Waals surface area contributed by atoms with E-state index in [0.717, 1.165) is 5.56 Å². The molecule has 2 aromatic rings. The largest absolute Gasteiger partial charge is 0.378 e. The van der Waals surface area contributed by atoms with E-state index in [0.29, 0.717) is 4.47 Å². The Morgan fingerprint density at radius 3 is 2.70 bits per heavy atom. The average molecular weight is 343 g/mol. The molecule has 1 atom stereocenters. The zero-order valence-electron chi connectivity index (χ0n) is 10.8. The predicted octanol–water partition coefficient (Wildman–Crippen LogP) is 3.19. The van der Waals surface area contributed by atoms with E-state index in [1.165, 1.54) is 17.7 Å². The summed E-state index contributed by atoms with van der Waals surface area (Å²) >= 11 is 3.10. The Morgan fingerprint density at radius 1 is 1.55 bits per heavy atom. The smallest absolute Gasteiger partial charge is 0.333 e. The molecule has 0 fully saturated rings. The molecule has 0 aliphatic carbocycles. The van der Waals surface area contributed by atoms with Crippen LogP contribution in [0.2, 0.25) is 0 Å². The van der Waals surface area contributed by atoms with Gasteiger partial charge in [-0.25, -0.2) is 9.07 Å². The lowest BCUT2D eigenvalue weighted by molar-refractivity contribution is -0.384. The number of rotatable bonds is 3. The summed E-state index contributed by atoms with van der Waals surface area (Å²) in [6.45, 7) is 3.31. The van der Waals surface area contributed by atoms with Gasteiger partial charge in [0, 0.05) is 0 Å². The molecule has 2 rings (SSSR count). The minimum absolute atomic E-state index is 0.0135. The van der Waals surface area contributed by atoms with Crippen molar-refractivity contribution < 1.29 is 9.31 Å². The van der Waals surface area contributed by atoms with Crippen LogP contribution in [-0.2, 0) is 0 Å². The summed E-state index contributed by atoms with van der Waals surface area (Å²) < 4.78 is 14.9. The van der Waals surface area contributed by atoms with E-state index in [4.69, 9.17) is 5.73 Å². The highest BCUT2D eigenvalue weighted by Crippen LogP contribution is 2.31. The molecular weight excluding hydrogens is 331 g/mol. The summed E-state index contributed by atoms with van der Waals surface area (Å²) in [5.41, 5.74) is 6.58. The first-order chi connectivity index (χ1) is 9.32. The number of aromatic nitrogens is 2. The van der Waals surface area contributed by atoms with Crippen LogP contribution in [0.15, 0.2) is 22.7 Å². The molecule has 106 valence electrons. The number of anilines is 1. The van der Waals surface area contributed by atoms with Crippen molar-refractivity contribution in [1.29, 1.82) is 0 Å². The number of nitrogens with two attached hydrogens (primary N) is 1.